The van der Waals surface area contributed by atoms with Gasteiger partial charge in [0.2, 0.25) is 12.7 Å². The van der Waals surface area contributed by atoms with Gasteiger partial charge in [0.15, 0.2) is 28.7 Å². The molecule has 0 N–H and O–H groups in total. The van der Waals surface area contributed by atoms with E-state index in [-0.39, 0.29) is 12.7 Å². The number of aromatic nitrogens is 4. The maximum Gasteiger partial charge on any atom is 0.343 e. The average molecular weight is 581 g/mol. The summed E-state index contributed by atoms with van der Waals surface area (Å²) >= 11 is 0. The van der Waals surface area contributed by atoms with Crippen LogP contribution >= 0.6 is 0 Å². The summed E-state index contributed by atoms with van der Waals surface area (Å²) < 4.78 is 25.1. The molecule has 2 aliphatic heterocycles. The van der Waals surface area contributed by atoms with E-state index in [1.807, 2.05) is 54.6 Å². The standard InChI is InChI=1S/C35H24N4O5/c1-19(14-20-10-13-26-27(15-20)42-18-41-26)28-29-31(24-8-4-5-9-25(24)43-35(29)40)44-34-30(28)33-37-32(38-39(33)17-36-34)23-12-11-21-6-2-3-7-22(21)16-23/h2-13,15-17,19,28H,14,18H2,1H3. The minimum Gasteiger partial charge on any atom is -0.454 e. The van der Waals surface area contributed by atoms with Crippen molar-refractivity contribution in [3.05, 3.63) is 118 Å². The fraction of sp³-hybridized carbons (Fsp3) is 0.143. The lowest BCUT2D eigenvalue weighted by Crippen LogP contribution is -2.26. The van der Waals surface area contributed by atoms with Crippen LogP contribution in [0.1, 0.15) is 29.5 Å². The molecule has 7 aromatic rings. The summed E-state index contributed by atoms with van der Waals surface area (Å²) in [4.78, 5) is 23.5. The second-order valence-electron chi connectivity index (χ2n) is 11.3. The Kier molecular flexibility index (Phi) is 5.31. The van der Waals surface area contributed by atoms with E-state index in [2.05, 4.69) is 31.2 Å². The molecule has 0 spiro atoms. The molecular formula is C35H24N4O5. The van der Waals surface area contributed by atoms with Gasteiger partial charge in [0.1, 0.15) is 11.9 Å². The van der Waals surface area contributed by atoms with Crippen molar-refractivity contribution < 1.29 is 18.6 Å². The summed E-state index contributed by atoms with van der Waals surface area (Å²) in [6.45, 7) is 2.33. The topological polar surface area (TPSA) is 101 Å². The number of hydrogen-bond donors (Lipinski definition) is 0. The highest BCUT2D eigenvalue weighted by molar-refractivity contribution is 5.87. The Hall–Kier alpha value is -5.70. The third-order valence-electron chi connectivity index (χ3n) is 8.58. The molecule has 9 rings (SSSR count). The zero-order chi connectivity index (χ0) is 29.4. The molecule has 2 aliphatic rings. The number of para-hydroxylation sites is 1. The van der Waals surface area contributed by atoms with Crippen LogP contribution in [-0.2, 0) is 6.42 Å². The van der Waals surface area contributed by atoms with Crippen molar-refractivity contribution in [2.75, 3.05) is 6.79 Å². The van der Waals surface area contributed by atoms with Gasteiger partial charge in [-0.1, -0.05) is 61.5 Å². The van der Waals surface area contributed by atoms with Gasteiger partial charge in [-0.25, -0.2) is 19.3 Å². The predicted molar refractivity (Wildman–Crippen MR) is 164 cm³/mol. The first kappa shape index (κ1) is 24.9. The second-order valence-corrected chi connectivity index (χ2v) is 11.3. The van der Waals surface area contributed by atoms with Crippen LogP contribution in [0.15, 0.2) is 100 Å². The average Bonchev–Trinajstić information content (AvgIpc) is 3.71. The number of benzene rings is 4. The van der Waals surface area contributed by atoms with E-state index < -0.39 is 11.5 Å². The molecule has 0 aliphatic carbocycles. The molecule has 0 radical (unpaired) electrons. The minimum absolute atomic E-state index is 0.0883. The highest BCUT2D eigenvalue weighted by Crippen LogP contribution is 2.50. The molecule has 2 unspecified atom stereocenters. The van der Waals surface area contributed by atoms with E-state index in [0.717, 1.165) is 33.4 Å². The minimum atomic E-state index is -0.442. The Labute approximate surface area is 250 Å². The van der Waals surface area contributed by atoms with Gasteiger partial charge < -0.3 is 18.6 Å². The van der Waals surface area contributed by atoms with Crippen LogP contribution < -0.4 is 19.8 Å². The van der Waals surface area contributed by atoms with Crippen molar-refractivity contribution in [2.45, 2.75) is 19.3 Å². The summed E-state index contributed by atoms with van der Waals surface area (Å²) in [5.41, 5.74) is 3.70. The van der Waals surface area contributed by atoms with Crippen LogP contribution in [0.4, 0.5) is 0 Å². The fourth-order valence-electron chi connectivity index (χ4n) is 6.55. The zero-order valence-electron chi connectivity index (χ0n) is 23.6. The Morgan fingerprint density at radius 1 is 0.909 bits per heavy atom. The van der Waals surface area contributed by atoms with Crippen LogP contribution in [-0.4, -0.2) is 26.4 Å². The lowest BCUT2D eigenvalue weighted by Gasteiger charge is -2.31. The molecule has 2 atom stereocenters. The smallest absolute Gasteiger partial charge is 0.343 e. The molecule has 0 fully saturated rings. The maximum absolute atomic E-state index is 13.7. The molecule has 0 bridgehead atoms. The number of nitrogens with zero attached hydrogens (tertiary/aromatic N) is 4. The number of rotatable bonds is 4. The molecule has 0 amide bonds. The highest BCUT2D eigenvalue weighted by Gasteiger charge is 2.39. The fourth-order valence-corrected chi connectivity index (χ4v) is 6.55. The first-order valence-electron chi connectivity index (χ1n) is 14.5. The monoisotopic (exact) mass is 580 g/mol. The molecule has 214 valence electrons. The van der Waals surface area contributed by atoms with Crippen molar-refractivity contribution in [1.29, 1.82) is 0 Å². The van der Waals surface area contributed by atoms with E-state index in [4.69, 9.17) is 33.7 Å². The summed E-state index contributed by atoms with van der Waals surface area (Å²) in [6, 6.07) is 27.7. The molecule has 0 saturated carbocycles. The van der Waals surface area contributed by atoms with Crippen molar-refractivity contribution in [1.82, 2.24) is 19.6 Å². The van der Waals surface area contributed by atoms with Gasteiger partial charge in [0.25, 0.3) is 0 Å². The molecule has 4 aromatic carbocycles. The quantitative estimate of drug-likeness (QED) is 0.207. The van der Waals surface area contributed by atoms with Crippen LogP contribution in [0, 0.1) is 5.92 Å². The van der Waals surface area contributed by atoms with Gasteiger partial charge in [-0.15, -0.1) is 5.10 Å². The molecule has 9 heteroatoms. The largest absolute Gasteiger partial charge is 0.454 e. The first-order chi connectivity index (χ1) is 21.6. The Morgan fingerprint density at radius 2 is 1.75 bits per heavy atom. The SMILES string of the molecule is CC(Cc1ccc2c(c1)OCO2)C1c2c(c3ccccc3oc2=O)Oc2ncn3nc(-c4ccc5ccccc5c4)nc3c21. The second kappa shape index (κ2) is 9.40. The first-order valence-corrected chi connectivity index (χ1v) is 14.5. The van der Waals surface area contributed by atoms with Gasteiger partial charge in [0, 0.05) is 11.5 Å². The molecular weight excluding hydrogens is 556 g/mol. The van der Waals surface area contributed by atoms with Crippen molar-refractivity contribution >= 4 is 27.4 Å². The molecule has 0 saturated heterocycles. The van der Waals surface area contributed by atoms with Crippen LogP contribution in [0.3, 0.4) is 0 Å². The van der Waals surface area contributed by atoms with Crippen molar-refractivity contribution in [3.63, 3.8) is 0 Å². The third-order valence-corrected chi connectivity index (χ3v) is 8.58. The van der Waals surface area contributed by atoms with E-state index in [0.29, 0.717) is 51.6 Å². The van der Waals surface area contributed by atoms with Gasteiger partial charge in [-0.3, -0.25) is 0 Å². The zero-order valence-corrected chi connectivity index (χ0v) is 23.6. The lowest BCUT2D eigenvalue weighted by atomic mass is 9.78. The normalized spacial score (nSPS) is 15.7. The molecule has 5 heterocycles. The van der Waals surface area contributed by atoms with Gasteiger partial charge in [0.05, 0.1) is 16.5 Å². The van der Waals surface area contributed by atoms with E-state index in [1.165, 1.54) is 0 Å². The van der Waals surface area contributed by atoms with Crippen molar-refractivity contribution in [2.24, 2.45) is 5.92 Å². The van der Waals surface area contributed by atoms with E-state index in [9.17, 15) is 4.79 Å². The predicted octanol–water partition coefficient (Wildman–Crippen LogP) is 6.90. The molecule has 9 nitrogen and oxygen atoms in total. The Balaban J connectivity index is 1.23. The van der Waals surface area contributed by atoms with Crippen LogP contribution in [0.25, 0.3) is 38.8 Å². The summed E-state index contributed by atoms with van der Waals surface area (Å²) in [6.07, 6.45) is 2.25. The number of ether oxygens (including phenoxy) is 3. The molecule has 3 aromatic heterocycles. The summed E-state index contributed by atoms with van der Waals surface area (Å²) in [5.74, 6) is 2.35. The highest BCUT2D eigenvalue weighted by atomic mass is 16.7. The van der Waals surface area contributed by atoms with E-state index in [1.54, 1.807) is 16.9 Å². The van der Waals surface area contributed by atoms with Gasteiger partial charge >= 0.3 is 5.63 Å². The maximum atomic E-state index is 13.7. The third kappa shape index (κ3) is 3.79. The summed E-state index contributed by atoms with van der Waals surface area (Å²) in [5, 5.41) is 7.75. The van der Waals surface area contributed by atoms with Crippen LogP contribution in [0.5, 0.6) is 23.1 Å². The summed E-state index contributed by atoms with van der Waals surface area (Å²) in [7, 11) is 0. The number of fused-ring (bicyclic) bond motifs is 8. The van der Waals surface area contributed by atoms with Crippen molar-refractivity contribution in [3.8, 4) is 34.5 Å². The Morgan fingerprint density at radius 3 is 2.68 bits per heavy atom. The van der Waals surface area contributed by atoms with Gasteiger partial charge in [-0.05, 0) is 59.0 Å². The number of hydrogen-bond acceptors (Lipinski definition) is 8. The van der Waals surface area contributed by atoms with Crippen LogP contribution in [0.2, 0.25) is 0 Å². The lowest BCUT2D eigenvalue weighted by molar-refractivity contribution is 0.174. The Bertz CT molecular complexity index is 2340. The van der Waals surface area contributed by atoms with E-state index >= 15 is 0 Å². The van der Waals surface area contributed by atoms with Gasteiger partial charge in [-0.2, -0.15) is 0 Å². The molecule has 44 heavy (non-hydrogen) atoms.